The van der Waals surface area contributed by atoms with Crippen LogP contribution in [0.4, 0.5) is 0 Å². The second kappa shape index (κ2) is 3.95. The van der Waals surface area contributed by atoms with Crippen LogP contribution in [0.2, 0.25) is 0 Å². The van der Waals surface area contributed by atoms with Crippen LogP contribution in [0, 0.1) is 0 Å². The zero-order valence-electron chi connectivity index (χ0n) is 9.11. The van der Waals surface area contributed by atoms with E-state index in [-0.39, 0.29) is 0 Å². The zero-order chi connectivity index (χ0) is 11.7. The van der Waals surface area contributed by atoms with Gasteiger partial charge in [0.25, 0.3) is 0 Å². The van der Waals surface area contributed by atoms with Gasteiger partial charge in [-0.05, 0) is 24.3 Å². The van der Waals surface area contributed by atoms with Crippen LogP contribution in [0.25, 0.3) is 17.0 Å². The number of pyridine rings is 2. The van der Waals surface area contributed by atoms with Crippen molar-refractivity contribution in [2.24, 2.45) is 5.73 Å². The van der Waals surface area contributed by atoms with Crippen LogP contribution in [-0.4, -0.2) is 19.6 Å². The van der Waals surface area contributed by atoms with Crippen molar-refractivity contribution < 1.29 is 0 Å². The van der Waals surface area contributed by atoms with Crippen LogP contribution >= 0.6 is 0 Å². The molecule has 0 aliphatic rings. The Balaban J connectivity index is 2.20. The molecule has 2 N–H and O–H groups in total. The maximum absolute atomic E-state index is 5.58. The highest BCUT2D eigenvalue weighted by atomic mass is 15.2. The van der Waals surface area contributed by atoms with Crippen molar-refractivity contribution >= 4 is 5.65 Å². The molecule has 0 aliphatic carbocycles. The molecule has 3 aromatic heterocycles. The summed E-state index contributed by atoms with van der Waals surface area (Å²) in [6.45, 7) is 0.421. The van der Waals surface area contributed by atoms with Gasteiger partial charge in [-0.1, -0.05) is 6.07 Å². The van der Waals surface area contributed by atoms with E-state index in [1.807, 2.05) is 40.9 Å². The molecule has 0 fully saturated rings. The highest BCUT2D eigenvalue weighted by Crippen LogP contribution is 2.18. The lowest BCUT2D eigenvalue weighted by Crippen LogP contribution is -1.99. The molecule has 0 saturated heterocycles. The minimum atomic E-state index is 0.421. The number of fused-ring (bicyclic) bond motifs is 1. The third kappa shape index (κ3) is 1.66. The first kappa shape index (κ1) is 9.92. The maximum atomic E-state index is 5.58. The Kier molecular flexibility index (Phi) is 2.31. The molecule has 0 aliphatic heterocycles. The minimum absolute atomic E-state index is 0.421. The van der Waals surface area contributed by atoms with Crippen molar-refractivity contribution in [2.45, 2.75) is 6.54 Å². The average Bonchev–Trinajstić information content (AvgIpc) is 2.82. The molecule has 0 unspecified atom stereocenters. The van der Waals surface area contributed by atoms with Gasteiger partial charge < -0.3 is 5.73 Å². The molecule has 5 heteroatoms. The second-order valence-corrected chi connectivity index (χ2v) is 3.69. The molecule has 3 rings (SSSR count). The predicted octanol–water partition coefficient (Wildman–Crippen LogP) is 1.25. The first-order valence-corrected chi connectivity index (χ1v) is 5.33. The van der Waals surface area contributed by atoms with Crippen molar-refractivity contribution in [3.63, 3.8) is 0 Å². The number of aromatic nitrogens is 4. The molecule has 84 valence electrons. The van der Waals surface area contributed by atoms with Crippen LogP contribution in [0.5, 0.6) is 0 Å². The van der Waals surface area contributed by atoms with Gasteiger partial charge in [0.1, 0.15) is 0 Å². The Hall–Kier alpha value is -2.27. The molecule has 5 nitrogen and oxygen atoms in total. The SMILES string of the molecule is NCc1cc(-c2nnc3ccccn23)ccn1. The van der Waals surface area contributed by atoms with E-state index in [9.17, 15) is 0 Å². The van der Waals surface area contributed by atoms with Crippen LogP contribution in [0.3, 0.4) is 0 Å². The fourth-order valence-corrected chi connectivity index (χ4v) is 1.77. The van der Waals surface area contributed by atoms with Gasteiger partial charge in [0, 0.05) is 24.5 Å². The fourth-order valence-electron chi connectivity index (χ4n) is 1.77. The second-order valence-electron chi connectivity index (χ2n) is 3.69. The fraction of sp³-hybridized carbons (Fsp3) is 0.0833. The Morgan fingerprint density at radius 3 is 3.00 bits per heavy atom. The monoisotopic (exact) mass is 225 g/mol. The number of nitrogens with zero attached hydrogens (tertiary/aromatic N) is 4. The normalized spacial score (nSPS) is 10.9. The standard InChI is InChI=1S/C12H11N5/c13-8-10-7-9(4-5-14-10)12-16-15-11-3-1-2-6-17(11)12/h1-7H,8,13H2. The topological polar surface area (TPSA) is 69.1 Å². The number of rotatable bonds is 2. The largest absolute Gasteiger partial charge is 0.325 e. The molecular formula is C12H11N5. The molecule has 0 aromatic carbocycles. The van der Waals surface area contributed by atoms with Crippen LogP contribution in [-0.2, 0) is 6.54 Å². The highest BCUT2D eigenvalue weighted by Gasteiger charge is 2.07. The summed E-state index contributed by atoms with van der Waals surface area (Å²) in [4.78, 5) is 4.17. The molecule has 0 bridgehead atoms. The maximum Gasteiger partial charge on any atom is 0.168 e. The molecular weight excluding hydrogens is 214 g/mol. The number of hydrogen-bond donors (Lipinski definition) is 1. The van der Waals surface area contributed by atoms with Crippen molar-refractivity contribution in [3.8, 4) is 11.4 Å². The van der Waals surface area contributed by atoms with Gasteiger partial charge in [-0.15, -0.1) is 10.2 Å². The lowest BCUT2D eigenvalue weighted by atomic mass is 10.2. The van der Waals surface area contributed by atoms with Gasteiger partial charge in [-0.2, -0.15) is 0 Å². The van der Waals surface area contributed by atoms with E-state index in [1.165, 1.54) is 0 Å². The van der Waals surface area contributed by atoms with Crippen LogP contribution < -0.4 is 5.73 Å². The van der Waals surface area contributed by atoms with Crippen molar-refractivity contribution in [1.82, 2.24) is 19.6 Å². The Morgan fingerprint density at radius 2 is 2.12 bits per heavy atom. The lowest BCUT2D eigenvalue weighted by Gasteiger charge is -2.01. The smallest absolute Gasteiger partial charge is 0.168 e. The van der Waals surface area contributed by atoms with E-state index in [0.717, 1.165) is 22.7 Å². The van der Waals surface area contributed by atoms with Gasteiger partial charge in [-0.25, -0.2) is 0 Å². The van der Waals surface area contributed by atoms with E-state index in [0.29, 0.717) is 6.54 Å². The molecule has 0 saturated carbocycles. The van der Waals surface area contributed by atoms with Gasteiger partial charge >= 0.3 is 0 Å². The number of hydrogen-bond acceptors (Lipinski definition) is 4. The zero-order valence-corrected chi connectivity index (χ0v) is 9.11. The van der Waals surface area contributed by atoms with Crippen molar-refractivity contribution in [1.29, 1.82) is 0 Å². The summed E-state index contributed by atoms with van der Waals surface area (Å²) in [7, 11) is 0. The molecule has 0 atom stereocenters. The average molecular weight is 225 g/mol. The predicted molar refractivity (Wildman–Crippen MR) is 64.1 cm³/mol. The highest BCUT2D eigenvalue weighted by molar-refractivity contribution is 5.59. The van der Waals surface area contributed by atoms with Crippen molar-refractivity contribution in [3.05, 3.63) is 48.4 Å². The Bertz CT molecular complexity index is 659. The van der Waals surface area contributed by atoms with Gasteiger partial charge in [0.2, 0.25) is 0 Å². The summed E-state index contributed by atoms with van der Waals surface area (Å²) >= 11 is 0. The van der Waals surface area contributed by atoms with Gasteiger partial charge in [0.15, 0.2) is 11.5 Å². The van der Waals surface area contributed by atoms with E-state index in [4.69, 9.17) is 5.73 Å². The van der Waals surface area contributed by atoms with Crippen LogP contribution in [0.15, 0.2) is 42.7 Å². The summed E-state index contributed by atoms with van der Waals surface area (Å²) in [6, 6.07) is 9.64. The van der Waals surface area contributed by atoms with E-state index >= 15 is 0 Å². The van der Waals surface area contributed by atoms with Gasteiger partial charge in [0.05, 0.1) is 5.69 Å². The molecule has 3 aromatic rings. The summed E-state index contributed by atoms with van der Waals surface area (Å²) in [5.74, 6) is 0.803. The Morgan fingerprint density at radius 1 is 1.18 bits per heavy atom. The Labute approximate surface area is 97.9 Å². The third-order valence-corrected chi connectivity index (χ3v) is 2.60. The molecule has 0 amide bonds. The van der Waals surface area contributed by atoms with E-state index in [2.05, 4.69) is 15.2 Å². The molecule has 0 radical (unpaired) electrons. The van der Waals surface area contributed by atoms with E-state index < -0.39 is 0 Å². The lowest BCUT2D eigenvalue weighted by molar-refractivity contribution is 0.987. The quantitative estimate of drug-likeness (QED) is 0.712. The number of nitrogens with two attached hydrogens (primary N) is 1. The summed E-state index contributed by atoms with van der Waals surface area (Å²) in [5.41, 5.74) is 8.22. The first-order chi connectivity index (χ1) is 8.38. The van der Waals surface area contributed by atoms with Crippen molar-refractivity contribution in [2.75, 3.05) is 0 Å². The van der Waals surface area contributed by atoms with Crippen LogP contribution in [0.1, 0.15) is 5.69 Å². The third-order valence-electron chi connectivity index (χ3n) is 2.60. The summed E-state index contributed by atoms with van der Waals surface area (Å²) in [5, 5.41) is 8.30. The molecule has 17 heavy (non-hydrogen) atoms. The molecule has 0 spiro atoms. The summed E-state index contributed by atoms with van der Waals surface area (Å²) < 4.78 is 1.94. The van der Waals surface area contributed by atoms with Gasteiger partial charge in [-0.3, -0.25) is 9.38 Å². The summed E-state index contributed by atoms with van der Waals surface area (Å²) in [6.07, 6.45) is 3.68. The van der Waals surface area contributed by atoms with E-state index in [1.54, 1.807) is 6.20 Å². The minimum Gasteiger partial charge on any atom is -0.325 e. The molecule has 3 heterocycles. The first-order valence-electron chi connectivity index (χ1n) is 5.33.